The van der Waals surface area contributed by atoms with Crippen molar-refractivity contribution in [3.05, 3.63) is 0 Å². The second kappa shape index (κ2) is 6.58. The van der Waals surface area contributed by atoms with Gasteiger partial charge in [0.25, 0.3) is 0 Å². The fourth-order valence-corrected chi connectivity index (χ4v) is 2.56. The number of hydrogen-bond donors (Lipinski definition) is 2. The SMILES string of the molecule is CCC(C)(CN)CN1CCCCC1CCO. The number of piperidine rings is 1. The minimum absolute atomic E-state index is 0.241. The predicted molar refractivity (Wildman–Crippen MR) is 68.4 cm³/mol. The zero-order valence-corrected chi connectivity index (χ0v) is 10.9. The van der Waals surface area contributed by atoms with E-state index in [1.807, 2.05) is 0 Å². The molecule has 96 valence electrons. The Labute approximate surface area is 100 Å². The van der Waals surface area contributed by atoms with Gasteiger partial charge in [-0.25, -0.2) is 0 Å². The smallest absolute Gasteiger partial charge is 0.0445 e. The molecule has 1 rings (SSSR count). The van der Waals surface area contributed by atoms with Crippen molar-refractivity contribution < 1.29 is 5.11 Å². The molecule has 0 amide bonds. The molecule has 16 heavy (non-hydrogen) atoms. The molecule has 0 spiro atoms. The van der Waals surface area contributed by atoms with Crippen molar-refractivity contribution in [2.45, 2.75) is 52.0 Å². The van der Waals surface area contributed by atoms with Gasteiger partial charge in [-0.05, 0) is 44.2 Å². The topological polar surface area (TPSA) is 49.5 Å². The van der Waals surface area contributed by atoms with Crippen LogP contribution in [0.25, 0.3) is 0 Å². The Morgan fingerprint density at radius 1 is 1.44 bits per heavy atom. The van der Waals surface area contributed by atoms with E-state index in [2.05, 4.69) is 18.7 Å². The van der Waals surface area contributed by atoms with Crippen LogP contribution < -0.4 is 5.73 Å². The van der Waals surface area contributed by atoms with E-state index in [1.165, 1.54) is 25.8 Å². The highest BCUT2D eigenvalue weighted by Crippen LogP contribution is 2.27. The summed E-state index contributed by atoms with van der Waals surface area (Å²) in [7, 11) is 0. The van der Waals surface area contributed by atoms with Crippen molar-refractivity contribution in [3.63, 3.8) is 0 Å². The molecule has 3 heteroatoms. The zero-order valence-electron chi connectivity index (χ0n) is 10.9. The third-order valence-electron chi connectivity index (χ3n) is 4.14. The number of rotatable bonds is 6. The van der Waals surface area contributed by atoms with Gasteiger partial charge in [0, 0.05) is 19.2 Å². The first-order valence-electron chi connectivity index (χ1n) is 6.70. The first-order chi connectivity index (χ1) is 7.65. The van der Waals surface area contributed by atoms with Gasteiger partial charge in [-0.15, -0.1) is 0 Å². The lowest BCUT2D eigenvalue weighted by molar-refractivity contribution is 0.0734. The van der Waals surface area contributed by atoms with Gasteiger partial charge in [0.05, 0.1) is 0 Å². The maximum Gasteiger partial charge on any atom is 0.0445 e. The first-order valence-corrected chi connectivity index (χ1v) is 6.70. The fraction of sp³-hybridized carbons (Fsp3) is 1.00. The Bertz CT molecular complexity index is 190. The maximum atomic E-state index is 9.10. The molecule has 2 unspecified atom stereocenters. The third-order valence-corrected chi connectivity index (χ3v) is 4.14. The lowest BCUT2D eigenvalue weighted by atomic mass is 9.85. The second-order valence-electron chi connectivity index (χ2n) is 5.50. The van der Waals surface area contributed by atoms with Crippen LogP contribution in [0, 0.1) is 5.41 Å². The molecule has 1 saturated heterocycles. The summed E-state index contributed by atoms with van der Waals surface area (Å²) < 4.78 is 0. The average molecular weight is 228 g/mol. The molecule has 3 nitrogen and oxygen atoms in total. The van der Waals surface area contributed by atoms with Gasteiger partial charge < -0.3 is 10.8 Å². The highest BCUT2D eigenvalue weighted by Gasteiger charge is 2.29. The summed E-state index contributed by atoms with van der Waals surface area (Å²) in [5.41, 5.74) is 6.12. The summed E-state index contributed by atoms with van der Waals surface area (Å²) in [6.45, 7) is 7.83. The lowest BCUT2D eigenvalue weighted by Gasteiger charge is -2.41. The van der Waals surface area contributed by atoms with Gasteiger partial charge in [-0.2, -0.15) is 0 Å². The van der Waals surface area contributed by atoms with Crippen LogP contribution in [0.15, 0.2) is 0 Å². The second-order valence-corrected chi connectivity index (χ2v) is 5.50. The van der Waals surface area contributed by atoms with E-state index in [9.17, 15) is 0 Å². The van der Waals surface area contributed by atoms with E-state index >= 15 is 0 Å². The quantitative estimate of drug-likeness (QED) is 0.726. The number of hydrogen-bond acceptors (Lipinski definition) is 3. The fourth-order valence-electron chi connectivity index (χ4n) is 2.56. The predicted octanol–water partition coefficient (Wildman–Crippen LogP) is 1.60. The molecule has 0 bridgehead atoms. The van der Waals surface area contributed by atoms with Gasteiger partial charge in [0.15, 0.2) is 0 Å². The van der Waals surface area contributed by atoms with Crippen LogP contribution in [0.3, 0.4) is 0 Å². The summed E-state index contributed by atoms with van der Waals surface area (Å²) in [6, 6.07) is 0.580. The van der Waals surface area contributed by atoms with E-state index < -0.39 is 0 Å². The van der Waals surface area contributed by atoms with Crippen molar-refractivity contribution >= 4 is 0 Å². The lowest BCUT2D eigenvalue weighted by Crippen LogP contribution is -2.47. The summed E-state index contributed by atoms with van der Waals surface area (Å²) in [5, 5.41) is 9.10. The van der Waals surface area contributed by atoms with Crippen LogP contribution in [0.1, 0.15) is 46.0 Å². The summed E-state index contributed by atoms with van der Waals surface area (Å²) in [5.74, 6) is 0. The molecule has 0 aromatic carbocycles. The molecule has 3 N–H and O–H groups in total. The standard InChI is InChI=1S/C13H28N2O/c1-3-13(2,10-14)11-15-8-5-4-6-12(15)7-9-16/h12,16H,3-11,14H2,1-2H3. The van der Waals surface area contributed by atoms with E-state index in [-0.39, 0.29) is 5.41 Å². The minimum Gasteiger partial charge on any atom is -0.396 e. The molecule has 1 fully saturated rings. The van der Waals surface area contributed by atoms with Gasteiger partial charge >= 0.3 is 0 Å². The Balaban J connectivity index is 2.54. The highest BCUT2D eigenvalue weighted by molar-refractivity contribution is 4.84. The molecule has 0 aromatic heterocycles. The van der Waals surface area contributed by atoms with Crippen molar-refractivity contribution in [2.75, 3.05) is 26.2 Å². The van der Waals surface area contributed by atoms with Crippen molar-refractivity contribution in [2.24, 2.45) is 11.1 Å². The van der Waals surface area contributed by atoms with Crippen LogP contribution in [-0.4, -0.2) is 42.3 Å². The van der Waals surface area contributed by atoms with E-state index in [4.69, 9.17) is 10.8 Å². The molecule has 1 aliphatic rings. The normalized spacial score (nSPS) is 26.6. The van der Waals surface area contributed by atoms with Crippen LogP contribution in [0.5, 0.6) is 0 Å². The summed E-state index contributed by atoms with van der Waals surface area (Å²) >= 11 is 0. The van der Waals surface area contributed by atoms with Crippen molar-refractivity contribution in [1.82, 2.24) is 4.90 Å². The van der Waals surface area contributed by atoms with Crippen LogP contribution in [0.2, 0.25) is 0 Å². The molecule has 1 aliphatic heterocycles. The van der Waals surface area contributed by atoms with Gasteiger partial charge in [-0.1, -0.05) is 20.3 Å². The number of nitrogens with two attached hydrogens (primary N) is 1. The number of nitrogens with zero attached hydrogens (tertiary/aromatic N) is 1. The van der Waals surface area contributed by atoms with Crippen LogP contribution in [-0.2, 0) is 0 Å². The Morgan fingerprint density at radius 2 is 2.19 bits per heavy atom. The molecule has 0 radical (unpaired) electrons. The first kappa shape index (κ1) is 13.9. The zero-order chi connectivity index (χ0) is 12.0. The van der Waals surface area contributed by atoms with E-state index in [0.717, 1.165) is 25.9 Å². The van der Waals surface area contributed by atoms with Crippen LogP contribution >= 0.6 is 0 Å². The molecule has 0 aliphatic carbocycles. The van der Waals surface area contributed by atoms with Crippen molar-refractivity contribution in [1.29, 1.82) is 0 Å². The maximum absolute atomic E-state index is 9.10. The Morgan fingerprint density at radius 3 is 2.75 bits per heavy atom. The Kier molecular flexibility index (Phi) is 5.73. The molecule has 2 atom stereocenters. The summed E-state index contributed by atoms with van der Waals surface area (Å²) in [6.07, 6.45) is 5.90. The third kappa shape index (κ3) is 3.72. The molecule has 0 aromatic rings. The van der Waals surface area contributed by atoms with Gasteiger partial charge in [0.2, 0.25) is 0 Å². The van der Waals surface area contributed by atoms with Gasteiger partial charge in [-0.3, -0.25) is 4.90 Å². The molecule has 0 saturated carbocycles. The molecular weight excluding hydrogens is 200 g/mol. The van der Waals surface area contributed by atoms with Crippen molar-refractivity contribution in [3.8, 4) is 0 Å². The Hall–Kier alpha value is -0.120. The molecule has 1 heterocycles. The number of aliphatic hydroxyl groups excluding tert-OH is 1. The van der Waals surface area contributed by atoms with E-state index in [1.54, 1.807) is 0 Å². The monoisotopic (exact) mass is 228 g/mol. The molecular formula is C13H28N2O. The van der Waals surface area contributed by atoms with Crippen LogP contribution in [0.4, 0.5) is 0 Å². The highest BCUT2D eigenvalue weighted by atomic mass is 16.3. The minimum atomic E-state index is 0.241. The average Bonchev–Trinajstić information content (AvgIpc) is 2.32. The summed E-state index contributed by atoms with van der Waals surface area (Å²) in [4.78, 5) is 2.55. The number of likely N-dealkylation sites (tertiary alicyclic amines) is 1. The van der Waals surface area contributed by atoms with Gasteiger partial charge in [0.1, 0.15) is 0 Å². The largest absolute Gasteiger partial charge is 0.396 e. The number of aliphatic hydroxyl groups is 1. The van der Waals surface area contributed by atoms with E-state index in [0.29, 0.717) is 12.6 Å².